The van der Waals surface area contributed by atoms with Crippen LogP contribution in [-0.2, 0) is 12.0 Å². The van der Waals surface area contributed by atoms with Crippen LogP contribution in [0.1, 0.15) is 31.9 Å². The van der Waals surface area contributed by atoms with E-state index in [0.717, 1.165) is 10.3 Å². The van der Waals surface area contributed by atoms with E-state index in [1.807, 2.05) is 24.3 Å². The van der Waals surface area contributed by atoms with E-state index in [1.165, 1.54) is 29.8 Å². The second-order valence-electron chi connectivity index (χ2n) is 8.46. The van der Waals surface area contributed by atoms with E-state index < -0.39 is 11.4 Å². The van der Waals surface area contributed by atoms with E-state index in [9.17, 15) is 14.4 Å². The van der Waals surface area contributed by atoms with Crippen molar-refractivity contribution in [3.63, 3.8) is 0 Å². The standard InChI is InChI=1S/C25H23FN2O3/c1-25(2,3)19-12-8-17(9-13-19)16-31-28-22-7-5-4-6-21(22)27(30)23(24(28)29)18-10-14-20(26)15-11-18/h4-15H,16H2,1-3H3. The number of nitrogens with zero attached hydrogens (tertiary/aromatic N) is 2. The van der Waals surface area contributed by atoms with Crippen LogP contribution < -0.4 is 15.1 Å². The van der Waals surface area contributed by atoms with Gasteiger partial charge in [-0.2, -0.15) is 4.73 Å². The Bertz CT molecular complexity index is 1290. The second kappa shape index (κ2) is 7.87. The van der Waals surface area contributed by atoms with E-state index in [-0.39, 0.29) is 23.2 Å². The highest BCUT2D eigenvalue weighted by Gasteiger charge is 2.23. The molecule has 0 aliphatic rings. The van der Waals surface area contributed by atoms with E-state index in [1.54, 1.807) is 24.3 Å². The number of benzene rings is 3. The Hall–Kier alpha value is -3.67. The molecule has 0 aliphatic heterocycles. The molecule has 1 aromatic heterocycles. The van der Waals surface area contributed by atoms with Crippen molar-refractivity contribution in [2.24, 2.45) is 0 Å². The number of fused-ring (bicyclic) bond motifs is 1. The molecule has 6 heteroatoms. The molecule has 0 amide bonds. The predicted octanol–water partition coefficient (Wildman–Crippen LogP) is 4.37. The number of para-hydroxylation sites is 2. The van der Waals surface area contributed by atoms with Gasteiger partial charge in [0.2, 0.25) is 5.52 Å². The molecule has 0 spiro atoms. The van der Waals surface area contributed by atoms with Crippen molar-refractivity contribution in [1.82, 2.24) is 4.73 Å². The summed E-state index contributed by atoms with van der Waals surface area (Å²) in [4.78, 5) is 19.1. The van der Waals surface area contributed by atoms with Crippen LogP contribution in [0.25, 0.3) is 22.3 Å². The van der Waals surface area contributed by atoms with Crippen LogP contribution in [0.3, 0.4) is 0 Å². The summed E-state index contributed by atoms with van der Waals surface area (Å²) in [6.45, 7) is 6.58. The molecule has 0 N–H and O–H groups in total. The molecule has 0 bridgehead atoms. The minimum Gasteiger partial charge on any atom is -0.618 e. The third-order valence-corrected chi connectivity index (χ3v) is 5.21. The summed E-state index contributed by atoms with van der Waals surface area (Å²) in [7, 11) is 0. The van der Waals surface area contributed by atoms with Gasteiger partial charge < -0.3 is 10.0 Å². The molecule has 5 nitrogen and oxygen atoms in total. The molecule has 0 radical (unpaired) electrons. The average molecular weight is 418 g/mol. The average Bonchev–Trinajstić information content (AvgIpc) is 2.75. The van der Waals surface area contributed by atoms with Gasteiger partial charge >= 0.3 is 5.56 Å². The summed E-state index contributed by atoms with van der Waals surface area (Å²) >= 11 is 0. The highest BCUT2D eigenvalue weighted by Crippen LogP contribution is 2.22. The van der Waals surface area contributed by atoms with Crippen molar-refractivity contribution in [1.29, 1.82) is 0 Å². The van der Waals surface area contributed by atoms with E-state index >= 15 is 0 Å². The Labute approximate surface area is 179 Å². The summed E-state index contributed by atoms with van der Waals surface area (Å²) in [6, 6.07) is 20.0. The van der Waals surface area contributed by atoms with Gasteiger partial charge in [0, 0.05) is 6.07 Å². The van der Waals surface area contributed by atoms with Gasteiger partial charge in [-0.05, 0) is 46.9 Å². The first-order chi connectivity index (χ1) is 14.8. The zero-order valence-electron chi connectivity index (χ0n) is 17.6. The van der Waals surface area contributed by atoms with Crippen molar-refractivity contribution in [3.05, 3.63) is 105 Å². The molecule has 0 unspecified atom stereocenters. The summed E-state index contributed by atoms with van der Waals surface area (Å²) in [5, 5.41) is 12.9. The maximum atomic E-state index is 13.4. The Morgan fingerprint density at radius 3 is 2.26 bits per heavy atom. The normalized spacial score (nSPS) is 11.6. The molecule has 4 rings (SSSR count). The molecule has 31 heavy (non-hydrogen) atoms. The second-order valence-corrected chi connectivity index (χ2v) is 8.46. The maximum Gasteiger partial charge on any atom is 0.357 e. The summed E-state index contributed by atoms with van der Waals surface area (Å²) < 4.78 is 15.1. The van der Waals surface area contributed by atoms with Gasteiger partial charge in [0.25, 0.3) is 5.69 Å². The summed E-state index contributed by atoms with van der Waals surface area (Å²) in [5.74, 6) is -0.447. The van der Waals surface area contributed by atoms with Crippen molar-refractivity contribution in [3.8, 4) is 11.3 Å². The minimum atomic E-state index is -0.605. The molecule has 1 heterocycles. The number of aromatic nitrogens is 2. The fourth-order valence-electron chi connectivity index (χ4n) is 3.44. The smallest absolute Gasteiger partial charge is 0.357 e. The molecule has 158 valence electrons. The number of rotatable bonds is 4. The zero-order valence-corrected chi connectivity index (χ0v) is 17.6. The zero-order chi connectivity index (χ0) is 22.2. The van der Waals surface area contributed by atoms with Crippen molar-refractivity contribution >= 4 is 11.0 Å². The van der Waals surface area contributed by atoms with Gasteiger partial charge in [0.05, 0.1) is 5.56 Å². The fourth-order valence-corrected chi connectivity index (χ4v) is 3.44. The Kier molecular flexibility index (Phi) is 5.23. The highest BCUT2D eigenvalue weighted by atomic mass is 19.1. The molecule has 0 saturated heterocycles. The van der Waals surface area contributed by atoms with E-state index in [4.69, 9.17) is 4.84 Å². The monoisotopic (exact) mass is 418 g/mol. The van der Waals surface area contributed by atoms with Crippen LogP contribution >= 0.6 is 0 Å². The van der Waals surface area contributed by atoms with Gasteiger partial charge in [-0.3, -0.25) is 4.79 Å². The quantitative estimate of drug-likeness (QED) is 0.365. The van der Waals surface area contributed by atoms with Crippen LogP contribution in [0.4, 0.5) is 4.39 Å². The van der Waals surface area contributed by atoms with Crippen LogP contribution in [0.15, 0.2) is 77.6 Å². The van der Waals surface area contributed by atoms with Crippen LogP contribution in [-0.4, -0.2) is 4.73 Å². The van der Waals surface area contributed by atoms with Crippen molar-refractivity contribution in [2.75, 3.05) is 0 Å². The number of halogens is 1. The van der Waals surface area contributed by atoms with Crippen molar-refractivity contribution < 1.29 is 14.0 Å². The lowest BCUT2D eigenvalue weighted by molar-refractivity contribution is -0.566. The Morgan fingerprint density at radius 1 is 0.968 bits per heavy atom. The summed E-state index contributed by atoms with van der Waals surface area (Å²) in [5.41, 5.74) is 2.37. The first-order valence-electron chi connectivity index (χ1n) is 10.0. The number of hydrogen-bond acceptors (Lipinski definition) is 3. The van der Waals surface area contributed by atoms with Crippen LogP contribution in [0, 0.1) is 11.0 Å². The lowest BCUT2D eigenvalue weighted by atomic mass is 9.87. The largest absolute Gasteiger partial charge is 0.618 e. The van der Waals surface area contributed by atoms with E-state index in [2.05, 4.69) is 20.8 Å². The molecule has 4 aromatic rings. The maximum absolute atomic E-state index is 13.4. The van der Waals surface area contributed by atoms with Gasteiger partial charge in [0.1, 0.15) is 12.4 Å². The molecular weight excluding hydrogens is 395 g/mol. The molecule has 0 fully saturated rings. The molecule has 0 saturated carbocycles. The minimum absolute atomic E-state index is 0.0395. The van der Waals surface area contributed by atoms with Crippen LogP contribution in [0.5, 0.6) is 0 Å². The SMILES string of the molecule is CC(C)(C)c1ccc(COn2c(=O)c(-c3ccc(F)cc3)[n+]([O-])c3ccccc32)cc1. The summed E-state index contributed by atoms with van der Waals surface area (Å²) in [6.07, 6.45) is 0. The van der Waals surface area contributed by atoms with Crippen molar-refractivity contribution in [2.45, 2.75) is 32.8 Å². The molecule has 0 atom stereocenters. The van der Waals surface area contributed by atoms with Gasteiger partial charge in [-0.15, -0.1) is 4.73 Å². The Balaban J connectivity index is 1.77. The lowest BCUT2D eigenvalue weighted by Gasteiger charge is -2.19. The predicted molar refractivity (Wildman–Crippen MR) is 118 cm³/mol. The highest BCUT2D eigenvalue weighted by molar-refractivity contribution is 5.73. The third kappa shape index (κ3) is 4.01. The topological polar surface area (TPSA) is 58.2 Å². The van der Waals surface area contributed by atoms with E-state index in [0.29, 0.717) is 15.8 Å². The van der Waals surface area contributed by atoms with Gasteiger partial charge in [-0.25, -0.2) is 4.39 Å². The third-order valence-electron chi connectivity index (χ3n) is 5.21. The van der Waals surface area contributed by atoms with Crippen LogP contribution in [0.2, 0.25) is 0 Å². The lowest BCUT2D eigenvalue weighted by Crippen LogP contribution is -2.42. The first-order valence-corrected chi connectivity index (χ1v) is 10.0. The fraction of sp³-hybridized carbons (Fsp3) is 0.200. The molecule has 0 aliphatic carbocycles. The van der Waals surface area contributed by atoms with Gasteiger partial charge in [-0.1, -0.05) is 57.2 Å². The molecule has 3 aromatic carbocycles. The first kappa shape index (κ1) is 20.6. The Morgan fingerprint density at radius 2 is 1.61 bits per heavy atom. The molecular formula is C25H23FN2O3. The number of hydrogen-bond donors (Lipinski definition) is 0. The van der Waals surface area contributed by atoms with Gasteiger partial charge in [0.15, 0.2) is 5.52 Å².